The van der Waals surface area contributed by atoms with Gasteiger partial charge in [-0.3, -0.25) is 4.99 Å². The van der Waals surface area contributed by atoms with E-state index in [9.17, 15) is 0 Å². The molecule has 0 saturated carbocycles. The molecular formula is C24H27N7. The molecule has 4 rings (SSSR count). The Labute approximate surface area is 182 Å². The lowest BCUT2D eigenvalue weighted by Gasteiger charge is -2.14. The normalized spacial score (nSPS) is 11.5. The van der Waals surface area contributed by atoms with E-state index in [2.05, 4.69) is 67.9 Å². The van der Waals surface area contributed by atoms with Crippen molar-refractivity contribution in [1.82, 2.24) is 30.4 Å². The van der Waals surface area contributed by atoms with Gasteiger partial charge in [-0.05, 0) is 37.1 Å². The highest BCUT2D eigenvalue weighted by Gasteiger charge is 2.10. The van der Waals surface area contributed by atoms with Gasteiger partial charge in [-0.25, -0.2) is 9.67 Å². The zero-order chi connectivity index (χ0) is 21.6. The lowest BCUT2D eigenvalue weighted by molar-refractivity contribution is 0.767. The van der Waals surface area contributed by atoms with Crippen LogP contribution in [0.4, 0.5) is 0 Å². The number of aromatic nitrogens is 4. The van der Waals surface area contributed by atoms with E-state index in [4.69, 9.17) is 0 Å². The Hall–Kier alpha value is -3.87. The fraction of sp³-hybridized carbons (Fsp3) is 0.208. The van der Waals surface area contributed by atoms with Gasteiger partial charge in [-0.15, -0.1) is 0 Å². The molecule has 0 spiro atoms. The van der Waals surface area contributed by atoms with Crippen LogP contribution in [-0.4, -0.2) is 32.8 Å². The highest BCUT2D eigenvalue weighted by molar-refractivity contribution is 5.79. The first-order valence-electron chi connectivity index (χ1n) is 10.3. The number of rotatable bonds is 6. The van der Waals surface area contributed by atoms with Gasteiger partial charge in [0.05, 0.1) is 29.8 Å². The van der Waals surface area contributed by atoms with Crippen LogP contribution in [0, 0.1) is 13.8 Å². The topological polar surface area (TPSA) is 82.9 Å². The summed E-state index contributed by atoms with van der Waals surface area (Å²) in [5.74, 6) is 1.56. The van der Waals surface area contributed by atoms with Gasteiger partial charge in [-0.1, -0.05) is 48.5 Å². The Morgan fingerprint density at radius 3 is 2.48 bits per heavy atom. The van der Waals surface area contributed by atoms with Crippen LogP contribution in [0.3, 0.4) is 0 Å². The summed E-state index contributed by atoms with van der Waals surface area (Å²) in [5, 5.41) is 11.3. The van der Waals surface area contributed by atoms with Gasteiger partial charge in [0.2, 0.25) is 0 Å². The number of imidazole rings is 1. The lowest BCUT2D eigenvalue weighted by atomic mass is 10.1. The molecule has 31 heavy (non-hydrogen) atoms. The molecule has 0 aliphatic heterocycles. The Kier molecular flexibility index (Phi) is 6.12. The van der Waals surface area contributed by atoms with Crippen molar-refractivity contribution in [3.63, 3.8) is 0 Å². The summed E-state index contributed by atoms with van der Waals surface area (Å²) < 4.78 is 1.98. The molecule has 2 heterocycles. The minimum atomic E-state index is 0.547. The maximum absolute atomic E-state index is 4.62. The van der Waals surface area contributed by atoms with Gasteiger partial charge < -0.3 is 15.6 Å². The number of aromatic amines is 1. The van der Waals surface area contributed by atoms with E-state index in [-0.39, 0.29) is 0 Å². The predicted molar refractivity (Wildman–Crippen MR) is 124 cm³/mol. The monoisotopic (exact) mass is 413 g/mol. The van der Waals surface area contributed by atoms with Crippen LogP contribution in [0.1, 0.15) is 22.8 Å². The van der Waals surface area contributed by atoms with Crippen molar-refractivity contribution in [2.24, 2.45) is 4.99 Å². The van der Waals surface area contributed by atoms with Gasteiger partial charge in [0.1, 0.15) is 5.82 Å². The molecule has 7 nitrogen and oxygen atoms in total. The van der Waals surface area contributed by atoms with E-state index >= 15 is 0 Å². The largest absolute Gasteiger partial charge is 0.352 e. The summed E-state index contributed by atoms with van der Waals surface area (Å²) in [6.07, 6.45) is 1.85. The van der Waals surface area contributed by atoms with Crippen LogP contribution in [0.5, 0.6) is 0 Å². The first kappa shape index (κ1) is 20.4. The molecule has 0 aliphatic rings. The third kappa shape index (κ3) is 4.83. The van der Waals surface area contributed by atoms with Crippen molar-refractivity contribution in [1.29, 1.82) is 0 Å². The van der Waals surface area contributed by atoms with E-state index < -0.39 is 0 Å². The molecule has 2 aromatic heterocycles. The summed E-state index contributed by atoms with van der Waals surface area (Å²) in [6.45, 7) is 5.25. The minimum Gasteiger partial charge on any atom is -0.352 e. The molecule has 0 unspecified atom stereocenters. The second-order valence-corrected chi connectivity index (χ2v) is 7.36. The number of hydrogen-bond donors (Lipinski definition) is 3. The average molecular weight is 414 g/mol. The highest BCUT2D eigenvalue weighted by Crippen LogP contribution is 2.17. The SMILES string of the molecule is CN=C(NCc1ncc(-c2ccccc2)[nH]1)NCc1ccccc1-n1nc(C)cc1C. The number of benzene rings is 2. The van der Waals surface area contributed by atoms with Gasteiger partial charge in [-0.2, -0.15) is 5.10 Å². The number of nitrogens with zero attached hydrogens (tertiary/aromatic N) is 4. The molecule has 0 atom stereocenters. The molecule has 4 aromatic rings. The smallest absolute Gasteiger partial charge is 0.191 e. The van der Waals surface area contributed by atoms with E-state index in [0.717, 1.165) is 39.7 Å². The number of nitrogens with one attached hydrogen (secondary N) is 3. The van der Waals surface area contributed by atoms with Crippen LogP contribution >= 0.6 is 0 Å². The molecule has 158 valence electrons. The summed E-state index contributed by atoms with van der Waals surface area (Å²) in [6, 6.07) is 20.5. The van der Waals surface area contributed by atoms with Crippen molar-refractivity contribution >= 4 is 5.96 Å². The van der Waals surface area contributed by atoms with Crippen LogP contribution in [0.2, 0.25) is 0 Å². The van der Waals surface area contributed by atoms with E-state index in [1.807, 2.05) is 48.1 Å². The number of H-pyrrole nitrogens is 1. The van der Waals surface area contributed by atoms with Crippen LogP contribution < -0.4 is 10.6 Å². The van der Waals surface area contributed by atoms with Gasteiger partial charge in [0, 0.05) is 19.3 Å². The molecular weight excluding hydrogens is 386 g/mol. The predicted octanol–water partition coefficient (Wildman–Crippen LogP) is 3.74. The number of aliphatic imine (C=N–C) groups is 1. The molecule has 3 N–H and O–H groups in total. The number of guanidine groups is 1. The van der Waals surface area contributed by atoms with Crippen LogP contribution in [-0.2, 0) is 13.1 Å². The van der Waals surface area contributed by atoms with E-state index in [0.29, 0.717) is 19.0 Å². The lowest BCUT2D eigenvalue weighted by Crippen LogP contribution is -2.36. The maximum Gasteiger partial charge on any atom is 0.191 e. The third-order valence-electron chi connectivity index (χ3n) is 5.04. The Balaban J connectivity index is 1.39. The quantitative estimate of drug-likeness (QED) is 0.332. The first-order valence-corrected chi connectivity index (χ1v) is 10.3. The van der Waals surface area contributed by atoms with Gasteiger partial charge >= 0.3 is 0 Å². The Morgan fingerprint density at radius 1 is 1.00 bits per heavy atom. The molecule has 0 fully saturated rings. The van der Waals surface area contributed by atoms with Crippen molar-refractivity contribution in [2.45, 2.75) is 26.9 Å². The fourth-order valence-electron chi connectivity index (χ4n) is 3.52. The molecule has 0 amide bonds. The molecule has 0 saturated heterocycles. The summed E-state index contributed by atoms with van der Waals surface area (Å²) >= 11 is 0. The van der Waals surface area contributed by atoms with Gasteiger partial charge in [0.25, 0.3) is 0 Å². The summed E-state index contributed by atoms with van der Waals surface area (Å²) in [7, 11) is 1.76. The summed E-state index contributed by atoms with van der Waals surface area (Å²) in [4.78, 5) is 12.2. The zero-order valence-electron chi connectivity index (χ0n) is 18.1. The maximum atomic E-state index is 4.62. The first-order chi connectivity index (χ1) is 15.1. The van der Waals surface area contributed by atoms with Gasteiger partial charge in [0.15, 0.2) is 5.96 Å². The second kappa shape index (κ2) is 9.30. The van der Waals surface area contributed by atoms with E-state index in [1.54, 1.807) is 7.05 Å². The van der Waals surface area contributed by atoms with Crippen LogP contribution in [0.15, 0.2) is 71.9 Å². The number of hydrogen-bond acceptors (Lipinski definition) is 3. The van der Waals surface area contributed by atoms with Crippen LogP contribution in [0.25, 0.3) is 16.9 Å². The molecule has 0 bridgehead atoms. The van der Waals surface area contributed by atoms with Crippen molar-refractivity contribution < 1.29 is 0 Å². The number of para-hydroxylation sites is 1. The van der Waals surface area contributed by atoms with Crippen molar-refractivity contribution in [3.8, 4) is 16.9 Å². The molecule has 0 radical (unpaired) electrons. The second-order valence-electron chi connectivity index (χ2n) is 7.36. The standard InChI is InChI=1S/C24H27N7/c1-17-13-18(2)31(30-17)22-12-8-7-11-20(22)14-27-24(25-3)28-16-23-26-15-21(29-23)19-9-5-4-6-10-19/h4-13,15H,14,16H2,1-3H3,(H,26,29)(H2,25,27,28). The Bertz CT molecular complexity index is 1170. The molecule has 2 aromatic carbocycles. The fourth-order valence-corrected chi connectivity index (χ4v) is 3.52. The summed E-state index contributed by atoms with van der Waals surface area (Å²) in [5.41, 5.74) is 6.44. The third-order valence-corrected chi connectivity index (χ3v) is 5.04. The average Bonchev–Trinajstić information content (AvgIpc) is 3.40. The highest BCUT2D eigenvalue weighted by atomic mass is 15.3. The van der Waals surface area contributed by atoms with Crippen molar-refractivity contribution in [2.75, 3.05) is 7.05 Å². The molecule has 7 heteroatoms. The van der Waals surface area contributed by atoms with E-state index in [1.165, 1.54) is 0 Å². The van der Waals surface area contributed by atoms with Crippen molar-refractivity contribution in [3.05, 3.63) is 89.6 Å². The Morgan fingerprint density at radius 2 is 1.74 bits per heavy atom. The minimum absolute atomic E-state index is 0.547. The molecule has 0 aliphatic carbocycles. The zero-order valence-corrected chi connectivity index (χ0v) is 18.1. The number of aryl methyl sites for hydroxylation is 2.